The minimum atomic E-state index is -0.410. The molecular weight excluding hydrogens is 216 g/mol. The molecule has 2 N–H and O–H groups in total. The minimum absolute atomic E-state index is 0.203. The molecule has 5 nitrogen and oxygen atoms in total. The molecule has 0 fully saturated rings. The molecule has 0 aromatic carbocycles. The van der Waals surface area contributed by atoms with Crippen LogP contribution >= 0.6 is 0 Å². The number of rotatable bonds is 6. The lowest BCUT2D eigenvalue weighted by molar-refractivity contribution is 0.104. The Kier molecular flexibility index (Phi) is 6.65. The van der Waals surface area contributed by atoms with E-state index in [0.29, 0.717) is 6.54 Å². The lowest BCUT2D eigenvalue weighted by Crippen LogP contribution is -2.41. The molecule has 1 unspecified atom stereocenters. The summed E-state index contributed by atoms with van der Waals surface area (Å²) < 4.78 is 0. The fourth-order valence-electron chi connectivity index (χ4n) is 1.31. The zero-order valence-electron chi connectivity index (χ0n) is 11.9. The van der Waals surface area contributed by atoms with Crippen molar-refractivity contribution < 1.29 is 5.11 Å². The van der Waals surface area contributed by atoms with Gasteiger partial charge in [-0.2, -0.15) is 5.10 Å². The molecular formula is C12H26N4O. The highest BCUT2D eigenvalue weighted by Crippen LogP contribution is 2.08. The Morgan fingerprint density at radius 1 is 1.41 bits per heavy atom. The van der Waals surface area contributed by atoms with Crippen LogP contribution in [0.15, 0.2) is 17.5 Å². The predicted molar refractivity (Wildman–Crippen MR) is 72.5 cm³/mol. The lowest BCUT2D eigenvalue weighted by Gasteiger charge is -2.30. The van der Waals surface area contributed by atoms with Crippen molar-refractivity contribution in [3.8, 4) is 0 Å². The number of amidine groups is 1. The molecule has 0 bridgehead atoms. The van der Waals surface area contributed by atoms with Crippen LogP contribution in [-0.4, -0.2) is 54.6 Å². The van der Waals surface area contributed by atoms with Gasteiger partial charge >= 0.3 is 0 Å². The summed E-state index contributed by atoms with van der Waals surface area (Å²) in [5.74, 6) is 1.73. The molecule has 0 aliphatic heterocycles. The van der Waals surface area contributed by atoms with E-state index in [-0.39, 0.29) is 5.92 Å². The van der Waals surface area contributed by atoms with E-state index in [1.54, 1.807) is 12.1 Å². The van der Waals surface area contributed by atoms with Crippen LogP contribution < -0.4 is 5.32 Å². The van der Waals surface area contributed by atoms with Crippen molar-refractivity contribution in [2.45, 2.75) is 26.9 Å². The summed E-state index contributed by atoms with van der Waals surface area (Å²) in [7, 11) is 5.53. The molecule has 5 heteroatoms. The van der Waals surface area contributed by atoms with Crippen molar-refractivity contribution in [1.29, 1.82) is 0 Å². The second-order valence-electron chi connectivity index (χ2n) is 4.61. The number of aliphatic hydroxyl groups is 1. The first-order chi connectivity index (χ1) is 7.79. The molecule has 0 aromatic rings. The second kappa shape index (κ2) is 7.17. The number of hydrazone groups is 1. The van der Waals surface area contributed by atoms with E-state index in [1.165, 1.54) is 0 Å². The Morgan fingerprint density at radius 3 is 2.29 bits per heavy atom. The van der Waals surface area contributed by atoms with E-state index in [9.17, 15) is 5.11 Å². The van der Waals surface area contributed by atoms with Gasteiger partial charge in [-0.1, -0.05) is 20.4 Å². The van der Waals surface area contributed by atoms with E-state index in [0.717, 1.165) is 11.7 Å². The highest BCUT2D eigenvalue weighted by molar-refractivity contribution is 5.81. The van der Waals surface area contributed by atoms with E-state index in [4.69, 9.17) is 0 Å². The average Bonchev–Trinajstić information content (AvgIpc) is 2.22. The maximum Gasteiger partial charge on any atom is 0.127 e. The molecule has 0 aliphatic rings. The molecule has 100 valence electrons. The van der Waals surface area contributed by atoms with Gasteiger partial charge in [0.25, 0.3) is 0 Å². The van der Waals surface area contributed by atoms with E-state index in [1.807, 2.05) is 39.8 Å². The summed E-state index contributed by atoms with van der Waals surface area (Å²) in [5, 5.41) is 19.0. The first-order valence-electron chi connectivity index (χ1n) is 5.84. The minimum Gasteiger partial charge on any atom is -0.391 e. The fourth-order valence-corrected chi connectivity index (χ4v) is 1.31. The molecule has 0 aliphatic carbocycles. The fraction of sp³-hybridized carbons (Fsp3) is 0.750. The number of hydrogen-bond donors (Lipinski definition) is 2. The molecule has 0 heterocycles. The molecule has 0 aromatic heterocycles. The predicted octanol–water partition coefficient (Wildman–Crippen LogP) is 0.891. The van der Waals surface area contributed by atoms with Crippen LogP contribution in [0.2, 0.25) is 0 Å². The SMILES string of the molecule is C=C(NC)N(CC(O)C(C)C)/C(C)=N/N(C)C. The molecule has 0 saturated heterocycles. The number of hydrogen-bond acceptors (Lipinski definition) is 4. The van der Waals surface area contributed by atoms with Gasteiger partial charge in [-0.05, 0) is 12.8 Å². The van der Waals surface area contributed by atoms with E-state index < -0.39 is 6.10 Å². The van der Waals surface area contributed by atoms with Crippen LogP contribution in [-0.2, 0) is 0 Å². The molecule has 1 atom stereocenters. The summed E-state index contributed by atoms with van der Waals surface area (Å²) >= 11 is 0. The van der Waals surface area contributed by atoms with Gasteiger partial charge < -0.3 is 20.3 Å². The third-order valence-electron chi connectivity index (χ3n) is 2.49. The van der Waals surface area contributed by atoms with Gasteiger partial charge in [-0.15, -0.1) is 0 Å². The molecule has 0 radical (unpaired) electrons. The first-order valence-corrected chi connectivity index (χ1v) is 5.84. The highest BCUT2D eigenvalue weighted by atomic mass is 16.3. The van der Waals surface area contributed by atoms with Gasteiger partial charge in [0.15, 0.2) is 0 Å². The van der Waals surface area contributed by atoms with Gasteiger partial charge in [-0.25, -0.2) is 0 Å². The normalized spacial score (nSPS) is 13.5. The summed E-state index contributed by atoms with van der Waals surface area (Å²) in [6.45, 7) is 10.3. The monoisotopic (exact) mass is 242 g/mol. The van der Waals surface area contributed by atoms with Crippen molar-refractivity contribution in [3.63, 3.8) is 0 Å². The molecule has 0 rings (SSSR count). The third kappa shape index (κ3) is 5.58. The Labute approximate surface area is 105 Å². The molecule has 0 spiro atoms. The third-order valence-corrected chi connectivity index (χ3v) is 2.49. The van der Waals surface area contributed by atoms with Crippen molar-refractivity contribution in [3.05, 3.63) is 12.4 Å². The smallest absolute Gasteiger partial charge is 0.127 e. The summed E-state index contributed by atoms with van der Waals surface area (Å²) in [5.41, 5.74) is 0. The first kappa shape index (κ1) is 15.8. The van der Waals surface area contributed by atoms with Crippen molar-refractivity contribution >= 4 is 5.84 Å². The zero-order valence-corrected chi connectivity index (χ0v) is 11.9. The summed E-state index contributed by atoms with van der Waals surface area (Å²) in [6.07, 6.45) is -0.410. The van der Waals surface area contributed by atoms with Crippen LogP contribution in [0.4, 0.5) is 0 Å². The van der Waals surface area contributed by atoms with Gasteiger partial charge in [0.2, 0.25) is 0 Å². The zero-order chi connectivity index (χ0) is 13.6. The quantitative estimate of drug-likeness (QED) is 0.413. The van der Waals surface area contributed by atoms with Crippen molar-refractivity contribution in [2.75, 3.05) is 27.7 Å². The van der Waals surface area contributed by atoms with Crippen molar-refractivity contribution in [2.24, 2.45) is 11.0 Å². The average molecular weight is 242 g/mol. The Balaban J connectivity index is 4.83. The maximum atomic E-state index is 9.95. The van der Waals surface area contributed by atoms with Gasteiger partial charge in [0.05, 0.1) is 18.5 Å². The van der Waals surface area contributed by atoms with Crippen LogP contribution in [0, 0.1) is 5.92 Å². The molecule has 0 saturated carbocycles. The topological polar surface area (TPSA) is 51.1 Å². The highest BCUT2D eigenvalue weighted by Gasteiger charge is 2.18. The Morgan fingerprint density at radius 2 is 1.94 bits per heavy atom. The Bertz CT molecular complexity index is 274. The second-order valence-corrected chi connectivity index (χ2v) is 4.61. The Hall–Kier alpha value is -1.23. The maximum absolute atomic E-state index is 9.95. The van der Waals surface area contributed by atoms with E-state index in [2.05, 4.69) is 17.0 Å². The number of aliphatic hydroxyl groups excluding tert-OH is 1. The van der Waals surface area contributed by atoms with Crippen molar-refractivity contribution in [1.82, 2.24) is 15.2 Å². The summed E-state index contributed by atoms with van der Waals surface area (Å²) in [6, 6.07) is 0. The standard InChI is InChI=1S/C12H26N4O/c1-9(2)12(17)8-16(10(3)13-5)11(4)14-15(6)7/h9,12-13,17H,3,8H2,1-2,4-7H3/b14-11+. The largest absolute Gasteiger partial charge is 0.391 e. The van der Waals surface area contributed by atoms with Crippen LogP contribution in [0.1, 0.15) is 20.8 Å². The molecule has 17 heavy (non-hydrogen) atoms. The number of nitrogens with zero attached hydrogens (tertiary/aromatic N) is 3. The van der Waals surface area contributed by atoms with Gasteiger partial charge in [0, 0.05) is 21.1 Å². The molecule has 0 amide bonds. The summed E-state index contributed by atoms with van der Waals surface area (Å²) in [4.78, 5) is 1.88. The number of nitrogens with one attached hydrogen (secondary N) is 1. The van der Waals surface area contributed by atoms with Crippen LogP contribution in [0.5, 0.6) is 0 Å². The van der Waals surface area contributed by atoms with Gasteiger partial charge in [0.1, 0.15) is 5.84 Å². The van der Waals surface area contributed by atoms with Crippen LogP contribution in [0.3, 0.4) is 0 Å². The van der Waals surface area contributed by atoms with Gasteiger partial charge in [-0.3, -0.25) is 0 Å². The van der Waals surface area contributed by atoms with Crippen LogP contribution in [0.25, 0.3) is 0 Å². The van der Waals surface area contributed by atoms with E-state index >= 15 is 0 Å². The lowest BCUT2D eigenvalue weighted by atomic mass is 10.1.